The Morgan fingerprint density at radius 1 is 1.25 bits per heavy atom. The van der Waals surface area contributed by atoms with Crippen LogP contribution in [0.1, 0.15) is 20.8 Å². The van der Waals surface area contributed by atoms with Gasteiger partial charge in [-0.3, -0.25) is 4.90 Å². The van der Waals surface area contributed by atoms with E-state index in [1.165, 1.54) is 0 Å². The van der Waals surface area contributed by atoms with Crippen LogP contribution in [0.25, 0.3) is 0 Å². The topological polar surface area (TPSA) is 49.4 Å². The second-order valence-corrected chi connectivity index (χ2v) is 5.87. The number of nitrogens with one attached hydrogen (secondary N) is 1. The standard InChI is InChI=1S/C7H18N2O2S/c1-7(2,3)8-12(10,11)6-9(4)5/h8H,6H2,1-5H3. The van der Waals surface area contributed by atoms with Crippen molar-refractivity contribution in [3.05, 3.63) is 0 Å². The Morgan fingerprint density at radius 3 is 1.92 bits per heavy atom. The Morgan fingerprint density at radius 2 is 1.67 bits per heavy atom. The second-order valence-electron chi connectivity index (χ2n) is 4.18. The van der Waals surface area contributed by atoms with Gasteiger partial charge in [0.2, 0.25) is 10.0 Å². The minimum Gasteiger partial charge on any atom is -0.295 e. The van der Waals surface area contributed by atoms with Crippen LogP contribution in [0.15, 0.2) is 0 Å². The highest BCUT2D eigenvalue weighted by atomic mass is 32.2. The molecule has 0 aliphatic heterocycles. The summed E-state index contributed by atoms with van der Waals surface area (Å²) in [5.41, 5.74) is -0.394. The van der Waals surface area contributed by atoms with Crippen LogP contribution in [-0.2, 0) is 10.0 Å². The van der Waals surface area contributed by atoms with Gasteiger partial charge in [0.25, 0.3) is 0 Å². The first-order chi connectivity index (χ1) is 5.12. The van der Waals surface area contributed by atoms with E-state index < -0.39 is 15.6 Å². The SMILES string of the molecule is CN(C)CS(=O)(=O)NC(C)(C)C. The molecule has 0 saturated carbocycles. The number of sulfonamides is 1. The molecular weight excluding hydrogens is 176 g/mol. The van der Waals surface area contributed by atoms with Crippen molar-refractivity contribution in [1.29, 1.82) is 0 Å². The molecule has 0 aliphatic rings. The lowest BCUT2D eigenvalue weighted by Crippen LogP contribution is -2.44. The number of nitrogens with zero attached hydrogens (tertiary/aromatic N) is 1. The van der Waals surface area contributed by atoms with Gasteiger partial charge in [-0.25, -0.2) is 13.1 Å². The molecule has 0 atom stereocenters. The highest BCUT2D eigenvalue weighted by Crippen LogP contribution is 2.02. The van der Waals surface area contributed by atoms with E-state index in [-0.39, 0.29) is 5.88 Å². The van der Waals surface area contributed by atoms with Gasteiger partial charge < -0.3 is 0 Å². The van der Waals surface area contributed by atoms with E-state index in [0.29, 0.717) is 0 Å². The van der Waals surface area contributed by atoms with Crippen molar-refractivity contribution in [2.75, 3.05) is 20.0 Å². The van der Waals surface area contributed by atoms with Gasteiger partial charge in [-0.1, -0.05) is 0 Å². The fraction of sp³-hybridized carbons (Fsp3) is 1.00. The minimum absolute atomic E-state index is 0.0320. The van der Waals surface area contributed by atoms with Crippen LogP contribution in [0.3, 0.4) is 0 Å². The molecule has 0 rings (SSSR count). The summed E-state index contributed by atoms with van der Waals surface area (Å²) in [6.45, 7) is 5.46. The molecule has 0 amide bonds. The van der Waals surface area contributed by atoms with Crippen LogP contribution >= 0.6 is 0 Å². The van der Waals surface area contributed by atoms with Gasteiger partial charge in [0.1, 0.15) is 5.88 Å². The summed E-state index contributed by atoms with van der Waals surface area (Å²) in [6.07, 6.45) is 0. The summed E-state index contributed by atoms with van der Waals surface area (Å²) in [7, 11) is 0.286. The highest BCUT2D eigenvalue weighted by molar-refractivity contribution is 7.89. The van der Waals surface area contributed by atoms with Crippen LogP contribution in [0.4, 0.5) is 0 Å². The molecule has 0 bridgehead atoms. The lowest BCUT2D eigenvalue weighted by Gasteiger charge is -2.21. The lowest BCUT2D eigenvalue weighted by molar-refractivity contribution is 0.439. The van der Waals surface area contributed by atoms with E-state index in [4.69, 9.17) is 0 Å². The van der Waals surface area contributed by atoms with Crippen LogP contribution in [0.5, 0.6) is 0 Å². The molecular formula is C7H18N2O2S. The van der Waals surface area contributed by atoms with Crippen LogP contribution in [0.2, 0.25) is 0 Å². The lowest BCUT2D eigenvalue weighted by atomic mass is 10.1. The van der Waals surface area contributed by atoms with E-state index in [1.54, 1.807) is 19.0 Å². The molecule has 0 aliphatic carbocycles. The molecule has 12 heavy (non-hydrogen) atoms. The fourth-order valence-electron chi connectivity index (χ4n) is 0.839. The third-order valence-corrected chi connectivity index (χ3v) is 2.67. The summed E-state index contributed by atoms with van der Waals surface area (Å²) in [5, 5.41) is 0. The maximum atomic E-state index is 11.3. The third-order valence-electron chi connectivity index (χ3n) is 0.890. The van der Waals surface area contributed by atoms with Gasteiger partial charge in [0.05, 0.1) is 0 Å². The minimum atomic E-state index is -3.16. The second kappa shape index (κ2) is 3.72. The largest absolute Gasteiger partial charge is 0.295 e. The Hall–Kier alpha value is -0.130. The summed E-state index contributed by atoms with van der Waals surface area (Å²) >= 11 is 0. The first-order valence-corrected chi connectivity index (χ1v) is 5.44. The van der Waals surface area contributed by atoms with Crippen LogP contribution in [-0.4, -0.2) is 38.8 Å². The molecule has 0 fully saturated rings. The van der Waals surface area contributed by atoms with Gasteiger partial charge in [0.15, 0.2) is 0 Å². The predicted octanol–water partition coefficient (Wildman–Crippen LogP) is 0.223. The fourth-order valence-corrected chi connectivity index (χ4v) is 2.52. The number of hydrogen-bond donors (Lipinski definition) is 1. The maximum Gasteiger partial charge on any atom is 0.225 e. The third kappa shape index (κ3) is 6.57. The number of rotatable bonds is 3. The normalized spacial score (nSPS) is 13.8. The van der Waals surface area contributed by atoms with E-state index in [2.05, 4.69) is 4.72 Å². The monoisotopic (exact) mass is 194 g/mol. The zero-order valence-corrected chi connectivity index (χ0v) is 9.20. The molecule has 0 aromatic rings. The zero-order chi connectivity index (χ0) is 9.99. The molecule has 0 unspecified atom stereocenters. The molecule has 0 heterocycles. The van der Waals surface area contributed by atoms with Crippen molar-refractivity contribution in [1.82, 2.24) is 9.62 Å². The first kappa shape index (κ1) is 11.9. The van der Waals surface area contributed by atoms with E-state index >= 15 is 0 Å². The predicted molar refractivity (Wildman–Crippen MR) is 50.4 cm³/mol. The van der Waals surface area contributed by atoms with E-state index in [0.717, 1.165) is 0 Å². The van der Waals surface area contributed by atoms with Crippen molar-refractivity contribution >= 4 is 10.0 Å². The van der Waals surface area contributed by atoms with E-state index in [1.807, 2.05) is 20.8 Å². The maximum absolute atomic E-state index is 11.3. The van der Waals surface area contributed by atoms with Gasteiger partial charge in [-0.05, 0) is 34.9 Å². The summed E-state index contributed by atoms with van der Waals surface area (Å²) in [6, 6.07) is 0. The van der Waals surface area contributed by atoms with Gasteiger partial charge in [0, 0.05) is 5.54 Å². The Labute approximate surface area is 75.0 Å². The van der Waals surface area contributed by atoms with Crippen molar-refractivity contribution in [2.24, 2.45) is 0 Å². The quantitative estimate of drug-likeness (QED) is 0.699. The van der Waals surface area contributed by atoms with Gasteiger partial charge in [-0.15, -0.1) is 0 Å². The van der Waals surface area contributed by atoms with Crippen molar-refractivity contribution < 1.29 is 8.42 Å². The molecule has 0 spiro atoms. The average molecular weight is 194 g/mol. The summed E-state index contributed by atoms with van der Waals surface area (Å²) < 4.78 is 25.2. The van der Waals surface area contributed by atoms with Gasteiger partial charge in [-0.2, -0.15) is 0 Å². The van der Waals surface area contributed by atoms with Crippen LogP contribution in [0, 0.1) is 0 Å². The zero-order valence-electron chi connectivity index (χ0n) is 8.38. The van der Waals surface area contributed by atoms with Crippen LogP contribution < -0.4 is 4.72 Å². The summed E-state index contributed by atoms with van der Waals surface area (Å²) in [5.74, 6) is 0.0320. The van der Waals surface area contributed by atoms with Crippen molar-refractivity contribution in [3.8, 4) is 0 Å². The molecule has 0 aromatic carbocycles. The van der Waals surface area contributed by atoms with Gasteiger partial charge >= 0.3 is 0 Å². The highest BCUT2D eigenvalue weighted by Gasteiger charge is 2.19. The van der Waals surface area contributed by atoms with Crippen molar-refractivity contribution in [2.45, 2.75) is 26.3 Å². The Kier molecular flexibility index (Phi) is 3.68. The molecule has 0 radical (unpaired) electrons. The smallest absolute Gasteiger partial charge is 0.225 e. The summed E-state index contributed by atoms with van der Waals surface area (Å²) in [4.78, 5) is 1.62. The molecule has 4 nitrogen and oxygen atoms in total. The molecule has 1 N–H and O–H groups in total. The first-order valence-electron chi connectivity index (χ1n) is 3.79. The molecule has 74 valence electrons. The molecule has 0 aromatic heterocycles. The molecule has 0 saturated heterocycles. The Bertz CT molecular complexity index is 226. The Balaban J connectivity index is 4.26. The average Bonchev–Trinajstić information content (AvgIpc) is 1.48. The van der Waals surface area contributed by atoms with Crippen molar-refractivity contribution in [3.63, 3.8) is 0 Å². The van der Waals surface area contributed by atoms with E-state index in [9.17, 15) is 8.42 Å². The number of hydrogen-bond acceptors (Lipinski definition) is 3. The molecule has 5 heteroatoms.